The van der Waals surface area contributed by atoms with Gasteiger partial charge in [-0.1, -0.05) is 87.8 Å². The topological polar surface area (TPSA) is 263 Å². The van der Waals surface area contributed by atoms with E-state index < -0.39 is 51.4 Å². The van der Waals surface area contributed by atoms with Gasteiger partial charge in [-0.2, -0.15) is 5.10 Å². The van der Waals surface area contributed by atoms with Crippen molar-refractivity contribution < 1.29 is 32.7 Å². The summed E-state index contributed by atoms with van der Waals surface area (Å²) in [5.74, 6) is -0.699. The Labute approximate surface area is 526 Å². The number of amides is 4. The Morgan fingerprint density at radius 1 is 0.831 bits per heavy atom. The molecule has 24 heteroatoms. The molecule has 466 valence electrons. The van der Waals surface area contributed by atoms with E-state index in [2.05, 4.69) is 45.7 Å². The second-order valence-corrected chi connectivity index (χ2v) is 28.4. The van der Waals surface area contributed by atoms with E-state index in [0.717, 1.165) is 68.2 Å². The van der Waals surface area contributed by atoms with Crippen LogP contribution >= 0.6 is 22.7 Å². The van der Waals surface area contributed by atoms with Crippen LogP contribution in [0.4, 0.5) is 28.3 Å². The third-order valence-corrected chi connectivity index (χ3v) is 20.7. The molecule has 7 heterocycles. The Kier molecular flexibility index (Phi) is 18.3. The molecule has 1 saturated carbocycles. The number of carbonyl (C=O) groups is 4. The van der Waals surface area contributed by atoms with Crippen LogP contribution in [0.15, 0.2) is 108 Å². The maximum atomic E-state index is 14.6. The summed E-state index contributed by atoms with van der Waals surface area (Å²) in [5, 5.41) is 34.6. The third-order valence-electron chi connectivity index (χ3n) is 17.5. The molecule has 4 atom stereocenters. The van der Waals surface area contributed by atoms with Crippen molar-refractivity contribution in [2.75, 3.05) is 41.8 Å². The standard InChI is InChI=1S/C65H76N14O7S3/c1-38-32-55(73-74-59(38)72-64-69-51-16-12-13-17-53(51)88-64)76(8)54-27-26-49(50-34-67-79(41(50)4)35-42-14-10-9-11-15-42)56(70-54)62(83)75-89(85,86)48-24-22-46(23-25-48)77-30-28-45(29-31-77)60(81)71-58(65(5,6)7)63(84)78-36-47(80)33-52(78)61(82)68-39(2)43-18-20-44(21-19-43)57-40(3)66-37-87-57/h12-13,16-27,32,34,37,39,42,45,47,52,58,80H,9-11,14-15,28-31,33,35-36H2,1-8H3,(H,68,82)(H,71,81)(H,75,83)(H,69,72,74)/t39-,47+,52-,58+/m0/s1. The summed E-state index contributed by atoms with van der Waals surface area (Å²) in [6, 6.07) is 25.1. The lowest BCUT2D eigenvalue weighted by Gasteiger charge is -2.38. The number of piperidine rings is 1. The van der Waals surface area contributed by atoms with Crippen molar-refractivity contribution in [1.29, 1.82) is 0 Å². The number of aliphatic hydroxyl groups is 1. The molecular formula is C65H76N14O7S3. The number of sulfonamides is 1. The van der Waals surface area contributed by atoms with Crippen molar-refractivity contribution in [1.82, 2.24) is 55.2 Å². The number of fused-ring (bicyclic) bond motifs is 1. The van der Waals surface area contributed by atoms with E-state index in [1.54, 1.807) is 53.7 Å². The molecule has 2 aliphatic heterocycles. The summed E-state index contributed by atoms with van der Waals surface area (Å²) in [5.41, 5.74) is 8.11. The van der Waals surface area contributed by atoms with Crippen LogP contribution in [-0.2, 0) is 31.0 Å². The fourth-order valence-corrected chi connectivity index (χ4v) is 14.8. The maximum absolute atomic E-state index is 14.6. The van der Waals surface area contributed by atoms with Crippen LogP contribution in [0.3, 0.4) is 0 Å². The number of likely N-dealkylation sites (tertiary alicyclic amines) is 1. The highest BCUT2D eigenvalue weighted by Gasteiger charge is 2.45. The molecule has 8 aromatic rings. The van der Waals surface area contributed by atoms with Crippen molar-refractivity contribution in [3.05, 3.63) is 131 Å². The van der Waals surface area contributed by atoms with Gasteiger partial charge >= 0.3 is 0 Å². The van der Waals surface area contributed by atoms with Crippen molar-refractivity contribution in [2.24, 2.45) is 17.3 Å². The number of para-hydroxylation sites is 1. The Hall–Kier alpha value is -8.19. The van der Waals surface area contributed by atoms with Crippen LogP contribution in [0.25, 0.3) is 31.8 Å². The Morgan fingerprint density at radius 2 is 1.56 bits per heavy atom. The Balaban J connectivity index is 0.738. The molecule has 5 N–H and O–H groups in total. The van der Waals surface area contributed by atoms with Crippen molar-refractivity contribution in [3.63, 3.8) is 0 Å². The quantitative estimate of drug-likeness (QED) is 0.0535. The van der Waals surface area contributed by atoms with E-state index in [9.17, 15) is 32.7 Å². The minimum absolute atomic E-state index is 0.0440. The molecule has 21 nitrogen and oxygen atoms in total. The smallest absolute Gasteiger partial charge is 0.284 e. The average Bonchev–Trinajstić information content (AvgIpc) is 2.38. The van der Waals surface area contributed by atoms with E-state index in [0.29, 0.717) is 65.6 Å². The Morgan fingerprint density at radius 3 is 2.25 bits per heavy atom. The fourth-order valence-electron chi connectivity index (χ4n) is 12.2. The van der Waals surface area contributed by atoms with Gasteiger partial charge in [-0.15, -0.1) is 21.5 Å². The van der Waals surface area contributed by atoms with Gasteiger partial charge in [0.25, 0.3) is 15.9 Å². The SMILES string of the molecule is Cc1cc(N(C)c2ccc(-c3cnn(CC4CCCCC4)c3C)c(C(=O)NS(=O)(=O)c3ccc(N4CCC(C(=O)N[C@H](C(=O)N5C[C@H](O)C[C@H]5C(=O)N[C@@H](C)c5ccc(-c6scnc6C)cc5)C(C)(C)C)CC4)cc3)n2)nnc1Nc1nc2ccccc2s1. The third kappa shape index (κ3) is 13.8. The molecule has 0 bridgehead atoms. The van der Waals surface area contributed by atoms with Crippen molar-refractivity contribution in [2.45, 2.75) is 136 Å². The summed E-state index contributed by atoms with van der Waals surface area (Å²) < 4.78 is 33.8. The monoisotopic (exact) mass is 1260 g/mol. The number of carbonyl (C=O) groups excluding carboxylic acids is 4. The first-order chi connectivity index (χ1) is 42.6. The number of hydrogen-bond donors (Lipinski definition) is 5. The molecule has 11 rings (SSSR count). The Bertz CT molecular complexity index is 3980. The predicted molar refractivity (Wildman–Crippen MR) is 347 cm³/mol. The van der Waals surface area contributed by atoms with Crippen LogP contribution in [0.1, 0.15) is 118 Å². The molecule has 0 unspecified atom stereocenters. The normalized spacial score (nSPS) is 17.5. The molecule has 3 aliphatic rings. The molecule has 4 amide bonds. The number of anilines is 5. The number of hydrogen-bond acceptors (Lipinski definition) is 18. The van der Waals surface area contributed by atoms with Crippen LogP contribution < -0.4 is 30.5 Å². The fraction of sp³-hybridized carbons (Fsp3) is 0.415. The number of rotatable bonds is 18. The average molecular weight is 1260 g/mol. The van der Waals surface area contributed by atoms with Crippen LogP contribution in [0.2, 0.25) is 0 Å². The molecular weight excluding hydrogens is 1190 g/mol. The second-order valence-electron chi connectivity index (χ2n) is 24.8. The molecule has 0 spiro atoms. The van der Waals surface area contributed by atoms with Crippen LogP contribution in [0, 0.1) is 38.0 Å². The molecule has 0 radical (unpaired) electrons. The number of pyridine rings is 1. The van der Waals surface area contributed by atoms with Crippen molar-refractivity contribution >= 4 is 94.8 Å². The van der Waals surface area contributed by atoms with Gasteiger partial charge in [-0.3, -0.25) is 23.9 Å². The van der Waals surface area contributed by atoms with Gasteiger partial charge in [0.15, 0.2) is 16.8 Å². The lowest BCUT2D eigenvalue weighted by atomic mass is 9.84. The zero-order valence-electron chi connectivity index (χ0n) is 51.4. The number of β-amino-alcohol motifs (C(OH)–C–C–N with tert-alkyl or cyclic N) is 1. The van der Waals surface area contributed by atoms with Crippen LogP contribution in [0.5, 0.6) is 0 Å². The van der Waals surface area contributed by atoms with E-state index in [1.807, 2.05) is 113 Å². The molecule has 3 aromatic carbocycles. The van der Waals surface area contributed by atoms with Gasteiger partial charge in [0.05, 0.1) is 49.5 Å². The first kappa shape index (κ1) is 62.4. The van der Waals surface area contributed by atoms with Gasteiger partial charge < -0.3 is 35.8 Å². The highest BCUT2D eigenvalue weighted by atomic mass is 32.2. The molecule has 1 aliphatic carbocycles. The molecule has 89 heavy (non-hydrogen) atoms. The minimum atomic E-state index is -4.45. The summed E-state index contributed by atoms with van der Waals surface area (Å²) in [6.45, 7) is 14.9. The number of aromatic nitrogens is 7. The number of aryl methyl sites for hydroxylation is 2. The van der Waals surface area contributed by atoms with Crippen molar-refractivity contribution in [3.8, 4) is 21.6 Å². The zero-order valence-corrected chi connectivity index (χ0v) is 53.8. The first-order valence-electron chi connectivity index (χ1n) is 30.3. The van der Waals surface area contributed by atoms with E-state index in [4.69, 9.17) is 10.1 Å². The van der Waals surface area contributed by atoms with Crippen LogP contribution in [-0.4, -0.2) is 122 Å². The zero-order chi connectivity index (χ0) is 62.9. The first-order valence-corrected chi connectivity index (χ1v) is 33.5. The minimum Gasteiger partial charge on any atom is -0.391 e. The maximum Gasteiger partial charge on any atom is 0.284 e. The highest BCUT2D eigenvalue weighted by molar-refractivity contribution is 7.90. The number of thiazole rings is 2. The van der Waals surface area contributed by atoms with E-state index >= 15 is 0 Å². The molecule has 5 aromatic heterocycles. The van der Waals surface area contributed by atoms with E-state index in [1.165, 1.54) is 47.6 Å². The predicted octanol–water partition coefficient (Wildman–Crippen LogP) is 10.2. The van der Waals surface area contributed by atoms with Gasteiger partial charge in [0.1, 0.15) is 23.6 Å². The highest BCUT2D eigenvalue weighted by Crippen LogP contribution is 2.36. The van der Waals surface area contributed by atoms with Gasteiger partial charge in [0.2, 0.25) is 17.7 Å². The molecule has 2 saturated heterocycles. The summed E-state index contributed by atoms with van der Waals surface area (Å²) >= 11 is 3.07. The van der Waals surface area contributed by atoms with Gasteiger partial charge in [0, 0.05) is 68.1 Å². The van der Waals surface area contributed by atoms with Gasteiger partial charge in [-0.05, 0) is 136 Å². The summed E-state index contributed by atoms with van der Waals surface area (Å²) in [7, 11) is -2.70. The van der Waals surface area contributed by atoms with E-state index in [-0.39, 0.29) is 41.4 Å². The molecule has 3 fully saturated rings. The number of nitrogens with one attached hydrogen (secondary N) is 4. The largest absolute Gasteiger partial charge is 0.391 e. The lowest BCUT2D eigenvalue weighted by molar-refractivity contribution is -0.144. The number of nitrogens with zero attached hydrogens (tertiary/aromatic N) is 10. The number of benzene rings is 3. The second kappa shape index (κ2) is 26.1. The lowest BCUT2D eigenvalue weighted by Crippen LogP contribution is -2.59. The summed E-state index contributed by atoms with van der Waals surface area (Å²) in [4.78, 5) is 77.1. The number of aliphatic hydroxyl groups excluding tert-OH is 1. The van der Waals surface area contributed by atoms with Gasteiger partial charge in [-0.25, -0.2) is 28.1 Å². The summed E-state index contributed by atoms with van der Waals surface area (Å²) in [6.07, 6.45) is 7.60.